The number of hydrogen-bond donors (Lipinski definition) is 1. The second-order valence-electron chi connectivity index (χ2n) is 3.82. The van der Waals surface area contributed by atoms with Gasteiger partial charge in [0.2, 0.25) is 0 Å². The van der Waals surface area contributed by atoms with E-state index in [9.17, 15) is 0 Å². The highest BCUT2D eigenvalue weighted by Crippen LogP contribution is 2.29. The fourth-order valence-corrected chi connectivity index (χ4v) is 1.83. The van der Waals surface area contributed by atoms with Crippen LogP contribution in [-0.4, -0.2) is 14.8 Å². The molecule has 2 heterocycles. The highest BCUT2D eigenvalue weighted by molar-refractivity contribution is 5.76. The van der Waals surface area contributed by atoms with Crippen LogP contribution < -0.4 is 5.73 Å². The van der Waals surface area contributed by atoms with E-state index in [0.717, 1.165) is 29.7 Å². The number of aryl methyl sites for hydroxylation is 2. The van der Waals surface area contributed by atoms with Crippen molar-refractivity contribution in [3.63, 3.8) is 0 Å². The van der Waals surface area contributed by atoms with Gasteiger partial charge in [0.05, 0.1) is 5.69 Å². The Bertz CT molecular complexity index is 473. The van der Waals surface area contributed by atoms with Crippen LogP contribution in [-0.2, 0) is 13.5 Å². The van der Waals surface area contributed by atoms with Crippen molar-refractivity contribution in [1.82, 2.24) is 14.8 Å². The minimum absolute atomic E-state index is 0.705. The Hall–Kier alpha value is -1.84. The number of hydrogen-bond acceptors (Lipinski definition) is 3. The predicted molar refractivity (Wildman–Crippen MR) is 64.8 cm³/mol. The van der Waals surface area contributed by atoms with Crippen LogP contribution in [0.3, 0.4) is 0 Å². The summed E-state index contributed by atoms with van der Waals surface area (Å²) < 4.78 is 1.73. The summed E-state index contributed by atoms with van der Waals surface area (Å²) in [5, 5.41) is 4.44. The molecule has 0 aliphatic carbocycles. The van der Waals surface area contributed by atoms with Crippen LogP contribution in [0, 0.1) is 0 Å². The molecule has 4 nitrogen and oxygen atoms in total. The third-order valence-electron chi connectivity index (χ3n) is 2.60. The zero-order valence-electron chi connectivity index (χ0n) is 9.64. The molecule has 0 bridgehead atoms. The average molecular weight is 216 g/mol. The molecule has 0 aliphatic rings. The molecule has 16 heavy (non-hydrogen) atoms. The van der Waals surface area contributed by atoms with Gasteiger partial charge >= 0.3 is 0 Å². The van der Waals surface area contributed by atoms with E-state index in [-0.39, 0.29) is 0 Å². The Kier molecular flexibility index (Phi) is 2.90. The molecule has 0 atom stereocenters. The standard InChI is InChI=1S/C12H16N4/c1-3-5-10-11(12(13)16(2)15-10)9-6-4-7-14-8-9/h4,6-8H,3,5,13H2,1-2H3. The Morgan fingerprint density at radius 3 is 2.88 bits per heavy atom. The minimum Gasteiger partial charge on any atom is -0.383 e. The van der Waals surface area contributed by atoms with Gasteiger partial charge in [0.1, 0.15) is 5.82 Å². The van der Waals surface area contributed by atoms with Crippen molar-refractivity contribution in [2.75, 3.05) is 5.73 Å². The molecule has 84 valence electrons. The monoisotopic (exact) mass is 216 g/mol. The lowest BCUT2D eigenvalue weighted by Gasteiger charge is -2.02. The van der Waals surface area contributed by atoms with Crippen molar-refractivity contribution in [2.24, 2.45) is 7.05 Å². The average Bonchev–Trinajstić information content (AvgIpc) is 2.57. The summed E-state index contributed by atoms with van der Waals surface area (Å²) in [6, 6.07) is 3.93. The summed E-state index contributed by atoms with van der Waals surface area (Å²) in [7, 11) is 1.87. The van der Waals surface area contributed by atoms with Crippen molar-refractivity contribution in [3.05, 3.63) is 30.2 Å². The molecule has 0 spiro atoms. The fraction of sp³-hybridized carbons (Fsp3) is 0.333. The summed E-state index contributed by atoms with van der Waals surface area (Å²) >= 11 is 0. The SMILES string of the molecule is CCCc1nn(C)c(N)c1-c1cccnc1. The van der Waals surface area contributed by atoms with E-state index in [4.69, 9.17) is 5.73 Å². The molecule has 0 radical (unpaired) electrons. The smallest absolute Gasteiger partial charge is 0.129 e. The Morgan fingerprint density at radius 2 is 2.25 bits per heavy atom. The number of anilines is 1. The lowest BCUT2D eigenvalue weighted by Crippen LogP contribution is -1.98. The number of rotatable bonds is 3. The topological polar surface area (TPSA) is 56.7 Å². The lowest BCUT2D eigenvalue weighted by molar-refractivity contribution is 0.741. The van der Waals surface area contributed by atoms with Gasteiger partial charge in [-0.2, -0.15) is 5.10 Å². The molecule has 0 saturated heterocycles. The quantitative estimate of drug-likeness (QED) is 0.854. The summed E-state index contributed by atoms with van der Waals surface area (Å²) in [5.74, 6) is 0.705. The van der Waals surface area contributed by atoms with Crippen molar-refractivity contribution in [3.8, 4) is 11.1 Å². The lowest BCUT2D eigenvalue weighted by atomic mass is 10.1. The van der Waals surface area contributed by atoms with E-state index in [1.165, 1.54) is 0 Å². The van der Waals surface area contributed by atoms with Gasteiger partial charge in [0.25, 0.3) is 0 Å². The molecule has 2 aromatic rings. The van der Waals surface area contributed by atoms with Gasteiger partial charge in [-0.1, -0.05) is 19.4 Å². The summed E-state index contributed by atoms with van der Waals surface area (Å²) in [6.07, 6.45) is 5.58. The normalized spacial score (nSPS) is 10.6. The zero-order chi connectivity index (χ0) is 11.5. The van der Waals surface area contributed by atoms with Crippen LogP contribution in [0.15, 0.2) is 24.5 Å². The molecule has 2 aromatic heterocycles. The Morgan fingerprint density at radius 1 is 1.44 bits per heavy atom. The highest BCUT2D eigenvalue weighted by Gasteiger charge is 2.14. The maximum absolute atomic E-state index is 6.04. The molecule has 0 aromatic carbocycles. The van der Waals surface area contributed by atoms with E-state index in [0.29, 0.717) is 5.82 Å². The van der Waals surface area contributed by atoms with E-state index in [1.54, 1.807) is 10.9 Å². The van der Waals surface area contributed by atoms with Crippen molar-refractivity contribution < 1.29 is 0 Å². The zero-order valence-corrected chi connectivity index (χ0v) is 9.64. The van der Waals surface area contributed by atoms with Crippen LogP contribution in [0.2, 0.25) is 0 Å². The van der Waals surface area contributed by atoms with Gasteiger partial charge in [-0.05, 0) is 12.5 Å². The first kappa shape index (κ1) is 10.7. The third kappa shape index (κ3) is 1.78. The van der Waals surface area contributed by atoms with E-state index in [1.807, 2.05) is 25.4 Å². The minimum atomic E-state index is 0.705. The Balaban J connectivity index is 2.54. The highest BCUT2D eigenvalue weighted by atomic mass is 15.3. The summed E-state index contributed by atoms with van der Waals surface area (Å²) in [6.45, 7) is 2.14. The number of aromatic nitrogens is 3. The van der Waals surface area contributed by atoms with E-state index >= 15 is 0 Å². The molecule has 4 heteroatoms. The molecule has 2 rings (SSSR count). The molecular weight excluding hydrogens is 200 g/mol. The summed E-state index contributed by atoms with van der Waals surface area (Å²) in [4.78, 5) is 4.12. The maximum Gasteiger partial charge on any atom is 0.129 e. The van der Waals surface area contributed by atoms with Crippen molar-refractivity contribution in [2.45, 2.75) is 19.8 Å². The second kappa shape index (κ2) is 4.35. The first-order valence-electron chi connectivity index (χ1n) is 5.45. The van der Waals surface area contributed by atoms with Crippen molar-refractivity contribution in [1.29, 1.82) is 0 Å². The molecule has 2 N–H and O–H groups in total. The number of nitrogen functional groups attached to an aromatic ring is 1. The van der Waals surface area contributed by atoms with Crippen LogP contribution >= 0.6 is 0 Å². The Labute approximate surface area is 95.1 Å². The van der Waals surface area contributed by atoms with Crippen LogP contribution in [0.25, 0.3) is 11.1 Å². The molecule has 0 saturated carbocycles. The van der Waals surface area contributed by atoms with Gasteiger partial charge in [0, 0.05) is 30.6 Å². The van der Waals surface area contributed by atoms with Gasteiger partial charge < -0.3 is 5.73 Å². The fourth-order valence-electron chi connectivity index (χ4n) is 1.83. The van der Waals surface area contributed by atoms with Gasteiger partial charge in [-0.3, -0.25) is 9.67 Å². The van der Waals surface area contributed by atoms with Crippen LogP contribution in [0.4, 0.5) is 5.82 Å². The largest absolute Gasteiger partial charge is 0.383 e. The predicted octanol–water partition coefficient (Wildman–Crippen LogP) is 2.02. The molecular formula is C12H16N4. The maximum atomic E-state index is 6.04. The van der Waals surface area contributed by atoms with Gasteiger partial charge in [-0.25, -0.2) is 0 Å². The number of nitrogens with two attached hydrogens (primary N) is 1. The van der Waals surface area contributed by atoms with Crippen molar-refractivity contribution >= 4 is 5.82 Å². The summed E-state index contributed by atoms with van der Waals surface area (Å²) in [5.41, 5.74) is 9.15. The van der Waals surface area contributed by atoms with E-state index in [2.05, 4.69) is 17.0 Å². The van der Waals surface area contributed by atoms with E-state index < -0.39 is 0 Å². The number of nitrogens with zero attached hydrogens (tertiary/aromatic N) is 3. The molecule has 0 unspecified atom stereocenters. The third-order valence-corrected chi connectivity index (χ3v) is 2.60. The van der Waals surface area contributed by atoms with Gasteiger partial charge in [-0.15, -0.1) is 0 Å². The van der Waals surface area contributed by atoms with Crippen LogP contribution in [0.1, 0.15) is 19.0 Å². The second-order valence-corrected chi connectivity index (χ2v) is 3.82. The molecule has 0 fully saturated rings. The van der Waals surface area contributed by atoms with Gasteiger partial charge in [0.15, 0.2) is 0 Å². The first-order valence-corrected chi connectivity index (χ1v) is 5.45. The molecule has 0 amide bonds. The first-order chi connectivity index (χ1) is 7.74. The molecule has 0 aliphatic heterocycles. The van der Waals surface area contributed by atoms with Crippen LogP contribution in [0.5, 0.6) is 0 Å². The number of pyridine rings is 1.